The van der Waals surface area contributed by atoms with E-state index in [4.69, 9.17) is 16.3 Å². The zero-order valence-electron chi connectivity index (χ0n) is 11.4. The van der Waals surface area contributed by atoms with Gasteiger partial charge >= 0.3 is 5.97 Å². The number of hydrogen-bond donors (Lipinski definition) is 0. The van der Waals surface area contributed by atoms with Crippen LogP contribution in [0.15, 0.2) is 24.3 Å². The first-order valence-corrected chi connectivity index (χ1v) is 7.48. The van der Waals surface area contributed by atoms with Crippen LogP contribution in [0.25, 0.3) is 0 Å². The Morgan fingerprint density at radius 2 is 1.85 bits per heavy atom. The summed E-state index contributed by atoms with van der Waals surface area (Å²) >= 11 is 5.90. The number of piperazine rings is 1. The Hall–Kier alpha value is -1.10. The fraction of sp³-hybridized carbons (Fsp3) is 0.533. The molecule has 2 fully saturated rings. The van der Waals surface area contributed by atoms with Gasteiger partial charge in [-0.05, 0) is 17.7 Å². The van der Waals surface area contributed by atoms with Crippen LogP contribution < -0.4 is 0 Å². The van der Waals surface area contributed by atoms with Crippen molar-refractivity contribution < 1.29 is 9.53 Å². The average molecular weight is 295 g/mol. The number of carbonyl (C=O) groups excluding carboxylic acids is 1. The topological polar surface area (TPSA) is 32.8 Å². The summed E-state index contributed by atoms with van der Waals surface area (Å²) in [5, 5.41) is 0.776. The van der Waals surface area contributed by atoms with Gasteiger partial charge < -0.3 is 4.74 Å². The molecule has 2 saturated heterocycles. The minimum atomic E-state index is -0.0452. The quantitative estimate of drug-likeness (QED) is 0.796. The number of carbonyl (C=O) groups is 1. The van der Waals surface area contributed by atoms with Crippen molar-refractivity contribution in [2.24, 2.45) is 0 Å². The summed E-state index contributed by atoms with van der Waals surface area (Å²) in [4.78, 5) is 16.3. The third kappa shape index (κ3) is 3.14. The van der Waals surface area contributed by atoms with Gasteiger partial charge in [-0.25, -0.2) is 0 Å². The molecule has 0 N–H and O–H groups in total. The fourth-order valence-electron chi connectivity index (χ4n) is 2.90. The van der Waals surface area contributed by atoms with Gasteiger partial charge in [-0.1, -0.05) is 23.7 Å². The van der Waals surface area contributed by atoms with Gasteiger partial charge in [-0.2, -0.15) is 0 Å². The molecule has 4 nitrogen and oxygen atoms in total. The molecule has 0 amide bonds. The minimum Gasteiger partial charge on any atom is -0.464 e. The Labute approximate surface area is 124 Å². The smallest absolute Gasteiger partial charge is 0.323 e. The van der Waals surface area contributed by atoms with Gasteiger partial charge in [0.15, 0.2) is 0 Å². The lowest BCUT2D eigenvalue weighted by Crippen LogP contribution is -2.51. The maximum atomic E-state index is 11.6. The zero-order valence-corrected chi connectivity index (χ0v) is 12.2. The third-order valence-electron chi connectivity index (χ3n) is 4.07. The minimum absolute atomic E-state index is 0.00678. The summed E-state index contributed by atoms with van der Waals surface area (Å²) in [6.07, 6.45) is 0.843. The van der Waals surface area contributed by atoms with Crippen LogP contribution in [0.4, 0.5) is 0 Å². The third-order valence-corrected chi connectivity index (χ3v) is 4.33. The van der Waals surface area contributed by atoms with Crippen LogP contribution in [0.3, 0.4) is 0 Å². The first kappa shape index (κ1) is 13.9. The first-order valence-electron chi connectivity index (χ1n) is 7.10. The van der Waals surface area contributed by atoms with Gasteiger partial charge in [0.2, 0.25) is 0 Å². The molecule has 2 aliphatic rings. The summed E-state index contributed by atoms with van der Waals surface area (Å²) in [5.74, 6) is -0.0452. The van der Waals surface area contributed by atoms with E-state index in [1.165, 1.54) is 5.56 Å². The zero-order chi connectivity index (χ0) is 13.9. The molecule has 2 aliphatic heterocycles. The number of cyclic esters (lactones) is 1. The number of rotatable bonds is 3. The van der Waals surface area contributed by atoms with E-state index in [2.05, 4.69) is 21.9 Å². The van der Waals surface area contributed by atoms with E-state index in [-0.39, 0.29) is 12.0 Å². The molecule has 1 unspecified atom stereocenters. The molecular formula is C15H19ClN2O2. The molecule has 0 spiro atoms. The van der Waals surface area contributed by atoms with Crippen molar-refractivity contribution in [1.29, 1.82) is 0 Å². The van der Waals surface area contributed by atoms with Crippen molar-refractivity contribution >= 4 is 17.6 Å². The summed E-state index contributed by atoms with van der Waals surface area (Å²) in [7, 11) is 0. The van der Waals surface area contributed by atoms with Crippen molar-refractivity contribution in [2.45, 2.75) is 19.0 Å². The molecule has 0 bridgehead atoms. The lowest BCUT2D eigenvalue weighted by Gasteiger charge is -2.36. The monoisotopic (exact) mass is 294 g/mol. The fourth-order valence-corrected chi connectivity index (χ4v) is 3.02. The highest BCUT2D eigenvalue weighted by Crippen LogP contribution is 2.18. The Balaban J connectivity index is 1.51. The van der Waals surface area contributed by atoms with Gasteiger partial charge in [0, 0.05) is 44.2 Å². The lowest BCUT2D eigenvalue weighted by atomic mass is 10.1. The standard InChI is InChI=1S/C15H19ClN2O2/c16-13-3-1-12(2-4-13)11-17-6-8-18(9-7-17)14-5-10-20-15(14)19/h1-4,14H,5-11H2. The summed E-state index contributed by atoms with van der Waals surface area (Å²) < 4.78 is 5.05. The summed E-state index contributed by atoms with van der Waals surface area (Å²) in [6.45, 7) is 5.38. The van der Waals surface area contributed by atoms with Crippen LogP contribution in [0.1, 0.15) is 12.0 Å². The number of hydrogen-bond acceptors (Lipinski definition) is 4. The average Bonchev–Trinajstić information content (AvgIpc) is 2.89. The Morgan fingerprint density at radius 1 is 1.15 bits per heavy atom. The van der Waals surface area contributed by atoms with Crippen molar-refractivity contribution in [2.75, 3.05) is 32.8 Å². The second kappa shape index (κ2) is 6.12. The van der Waals surface area contributed by atoms with Crippen molar-refractivity contribution in [3.8, 4) is 0 Å². The summed E-state index contributed by atoms with van der Waals surface area (Å²) in [6, 6.07) is 8.00. The Kier molecular flexibility index (Phi) is 4.24. The molecule has 1 atom stereocenters. The lowest BCUT2D eigenvalue weighted by molar-refractivity contribution is -0.142. The van der Waals surface area contributed by atoms with Crippen LogP contribution in [0.2, 0.25) is 5.02 Å². The number of esters is 1. The van der Waals surface area contributed by atoms with Crippen LogP contribution in [-0.2, 0) is 16.1 Å². The van der Waals surface area contributed by atoms with E-state index < -0.39 is 0 Å². The molecule has 0 radical (unpaired) electrons. The number of benzene rings is 1. The number of nitrogens with zero attached hydrogens (tertiary/aromatic N) is 2. The van der Waals surface area contributed by atoms with E-state index in [1.807, 2.05) is 12.1 Å². The maximum Gasteiger partial charge on any atom is 0.323 e. The van der Waals surface area contributed by atoms with Crippen LogP contribution in [-0.4, -0.2) is 54.6 Å². The summed E-state index contributed by atoms with van der Waals surface area (Å²) in [5.41, 5.74) is 1.28. The second-order valence-corrected chi connectivity index (χ2v) is 5.85. The highest BCUT2D eigenvalue weighted by Gasteiger charge is 2.33. The van der Waals surface area contributed by atoms with Gasteiger partial charge in [0.25, 0.3) is 0 Å². The molecule has 108 valence electrons. The van der Waals surface area contributed by atoms with E-state index >= 15 is 0 Å². The maximum absolute atomic E-state index is 11.6. The van der Waals surface area contributed by atoms with Crippen molar-refractivity contribution in [3.63, 3.8) is 0 Å². The van der Waals surface area contributed by atoms with Crippen LogP contribution >= 0.6 is 11.6 Å². The van der Waals surface area contributed by atoms with Crippen molar-refractivity contribution in [1.82, 2.24) is 9.80 Å². The predicted octanol–water partition coefficient (Wildman–Crippen LogP) is 1.77. The molecule has 1 aromatic rings. The van der Waals surface area contributed by atoms with Gasteiger partial charge in [-0.15, -0.1) is 0 Å². The van der Waals surface area contributed by atoms with Crippen molar-refractivity contribution in [3.05, 3.63) is 34.9 Å². The van der Waals surface area contributed by atoms with E-state index in [1.54, 1.807) is 0 Å². The van der Waals surface area contributed by atoms with E-state index in [9.17, 15) is 4.79 Å². The molecule has 1 aromatic carbocycles. The highest BCUT2D eigenvalue weighted by molar-refractivity contribution is 6.30. The first-order chi connectivity index (χ1) is 9.72. The molecule has 0 aliphatic carbocycles. The normalized spacial score (nSPS) is 24.9. The van der Waals surface area contributed by atoms with Gasteiger partial charge in [0.05, 0.1) is 6.61 Å². The molecule has 0 saturated carbocycles. The van der Waals surface area contributed by atoms with Crippen LogP contribution in [0, 0.1) is 0 Å². The largest absolute Gasteiger partial charge is 0.464 e. The van der Waals surface area contributed by atoms with Gasteiger partial charge in [0.1, 0.15) is 6.04 Å². The molecule has 20 heavy (non-hydrogen) atoms. The number of ether oxygens (including phenoxy) is 1. The van der Waals surface area contributed by atoms with E-state index in [0.29, 0.717) is 6.61 Å². The highest BCUT2D eigenvalue weighted by atomic mass is 35.5. The van der Waals surface area contributed by atoms with E-state index in [0.717, 1.165) is 44.2 Å². The molecule has 3 rings (SSSR count). The molecule has 0 aromatic heterocycles. The Bertz CT molecular complexity index is 469. The second-order valence-electron chi connectivity index (χ2n) is 5.41. The Morgan fingerprint density at radius 3 is 2.45 bits per heavy atom. The number of halogens is 1. The predicted molar refractivity (Wildman–Crippen MR) is 77.7 cm³/mol. The SMILES string of the molecule is O=C1OCCC1N1CCN(Cc2ccc(Cl)cc2)CC1. The molecule has 2 heterocycles. The molecule has 5 heteroatoms. The van der Waals surface area contributed by atoms with Gasteiger partial charge in [-0.3, -0.25) is 14.6 Å². The molecular weight excluding hydrogens is 276 g/mol. The van der Waals surface area contributed by atoms with Crippen LogP contribution in [0.5, 0.6) is 0 Å².